The molecule has 0 fully saturated rings. The lowest BCUT2D eigenvalue weighted by Crippen LogP contribution is -2.08. The fourth-order valence-corrected chi connectivity index (χ4v) is 1.19. The largest absolute Gasteiger partial charge is 0.481 e. The van der Waals surface area contributed by atoms with E-state index < -0.39 is 12.4 Å². The molecule has 15 heavy (non-hydrogen) atoms. The summed E-state index contributed by atoms with van der Waals surface area (Å²) in [5, 5.41) is 8.52. The van der Waals surface area contributed by atoms with Crippen LogP contribution in [-0.4, -0.2) is 16.1 Å². The Balaban J connectivity index is 3.13. The van der Waals surface area contributed by atoms with Crippen LogP contribution in [-0.2, 0) is 11.2 Å². The summed E-state index contributed by atoms with van der Waals surface area (Å²) in [6.45, 7) is 1.40. The number of aliphatic carboxylic acids is 1. The monoisotopic (exact) mass is 216 g/mol. The van der Waals surface area contributed by atoms with Crippen molar-refractivity contribution in [3.05, 3.63) is 23.0 Å². The standard InChI is InChI=1S/C9H10F2N2O2/c1-4-5(9(10)11)2-6(12)7(13-4)3-8(14)15/h2,9H,3,12H2,1H3,(H,14,15). The van der Waals surface area contributed by atoms with Crippen LogP contribution in [0.2, 0.25) is 0 Å². The van der Waals surface area contributed by atoms with E-state index in [0.29, 0.717) is 0 Å². The molecule has 0 saturated heterocycles. The molecule has 3 N–H and O–H groups in total. The topological polar surface area (TPSA) is 76.2 Å². The summed E-state index contributed by atoms with van der Waals surface area (Å²) in [6.07, 6.45) is -3.02. The second-order valence-electron chi connectivity index (χ2n) is 3.07. The molecule has 0 saturated carbocycles. The van der Waals surface area contributed by atoms with Crippen LogP contribution in [0.25, 0.3) is 0 Å². The van der Waals surface area contributed by atoms with Gasteiger partial charge in [0.25, 0.3) is 6.43 Å². The van der Waals surface area contributed by atoms with Crippen LogP contribution >= 0.6 is 0 Å². The van der Waals surface area contributed by atoms with E-state index in [1.807, 2.05) is 0 Å². The number of alkyl halides is 2. The lowest BCUT2D eigenvalue weighted by atomic mass is 10.1. The number of nitrogens with two attached hydrogens (primary N) is 1. The highest BCUT2D eigenvalue weighted by Gasteiger charge is 2.15. The lowest BCUT2D eigenvalue weighted by Gasteiger charge is -2.08. The molecule has 0 aliphatic carbocycles. The zero-order valence-electron chi connectivity index (χ0n) is 8.00. The van der Waals surface area contributed by atoms with E-state index in [-0.39, 0.29) is 29.1 Å². The van der Waals surface area contributed by atoms with Gasteiger partial charge in [-0.2, -0.15) is 0 Å². The number of halogens is 2. The highest BCUT2D eigenvalue weighted by Crippen LogP contribution is 2.25. The number of aromatic nitrogens is 1. The minimum Gasteiger partial charge on any atom is -0.481 e. The van der Waals surface area contributed by atoms with Crippen molar-refractivity contribution in [1.29, 1.82) is 0 Å². The molecule has 0 radical (unpaired) electrons. The summed E-state index contributed by atoms with van der Waals surface area (Å²) >= 11 is 0. The number of carboxylic acid groups (broad SMARTS) is 1. The summed E-state index contributed by atoms with van der Waals surface area (Å²) < 4.78 is 24.8. The number of anilines is 1. The van der Waals surface area contributed by atoms with Crippen molar-refractivity contribution >= 4 is 11.7 Å². The van der Waals surface area contributed by atoms with Crippen molar-refractivity contribution in [2.24, 2.45) is 0 Å². The van der Waals surface area contributed by atoms with Gasteiger partial charge >= 0.3 is 5.97 Å². The summed E-state index contributed by atoms with van der Waals surface area (Å²) in [6, 6.07) is 1.07. The first-order chi connectivity index (χ1) is 6.91. The second-order valence-corrected chi connectivity index (χ2v) is 3.07. The molecule has 82 valence electrons. The van der Waals surface area contributed by atoms with Crippen LogP contribution < -0.4 is 5.73 Å². The number of hydrogen-bond donors (Lipinski definition) is 2. The van der Waals surface area contributed by atoms with E-state index in [4.69, 9.17) is 10.8 Å². The number of pyridine rings is 1. The molecule has 6 heteroatoms. The van der Waals surface area contributed by atoms with Crippen molar-refractivity contribution in [1.82, 2.24) is 4.98 Å². The maximum atomic E-state index is 12.4. The number of nitrogens with zero attached hydrogens (tertiary/aromatic N) is 1. The molecule has 0 aliphatic heterocycles. The maximum absolute atomic E-state index is 12.4. The van der Waals surface area contributed by atoms with E-state index in [2.05, 4.69) is 4.98 Å². The number of nitrogen functional groups attached to an aromatic ring is 1. The molecule has 0 amide bonds. The van der Waals surface area contributed by atoms with E-state index in [1.54, 1.807) is 0 Å². The summed E-state index contributed by atoms with van der Waals surface area (Å²) in [4.78, 5) is 14.2. The van der Waals surface area contributed by atoms with Crippen LogP contribution in [0.4, 0.5) is 14.5 Å². The SMILES string of the molecule is Cc1nc(CC(=O)O)c(N)cc1C(F)F. The van der Waals surface area contributed by atoms with E-state index in [1.165, 1.54) is 6.92 Å². The normalized spacial score (nSPS) is 10.7. The van der Waals surface area contributed by atoms with Crippen molar-refractivity contribution in [3.8, 4) is 0 Å². The molecule has 0 aromatic carbocycles. The summed E-state index contributed by atoms with van der Waals surface area (Å²) in [5.41, 5.74) is 5.36. The van der Waals surface area contributed by atoms with Gasteiger partial charge in [-0.05, 0) is 13.0 Å². The molecule has 1 aromatic heterocycles. The first-order valence-electron chi connectivity index (χ1n) is 4.17. The summed E-state index contributed by atoms with van der Waals surface area (Å²) in [7, 11) is 0. The van der Waals surface area contributed by atoms with Gasteiger partial charge in [0.15, 0.2) is 0 Å². The molecule has 0 atom stereocenters. The van der Waals surface area contributed by atoms with Crippen molar-refractivity contribution in [3.63, 3.8) is 0 Å². The minimum atomic E-state index is -2.65. The third kappa shape index (κ3) is 2.61. The minimum absolute atomic E-state index is 0.0155. The number of aryl methyl sites for hydroxylation is 1. The molecule has 1 aromatic rings. The fourth-order valence-electron chi connectivity index (χ4n) is 1.19. The molecular formula is C9H10F2N2O2. The maximum Gasteiger partial charge on any atom is 0.309 e. The Hall–Kier alpha value is -1.72. The first-order valence-corrected chi connectivity index (χ1v) is 4.17. The Morgan fingerprint density at radius 1 is 1.67 bits per heavy atom. The average molecular weight is 216 g/mol. The predicted molar refractivity (Wildman–Crippen MR) is 49.7 cm³/mol. The molecule has 1 heterocycles. The zero-order valence-corrected chi connectivity index (χ0v) is 8.00. The Morgan fingerprint density at radius 2 is 2.27 bits per heavy atom. The zero-order chi connectivity index (χ0) is 11.6. The van der Waals surface area contributed by atoms with Crippen LogP contribution in [0.3, 0.4) is 0 Å². The Labute approximate surface area is 84.7 Å². The van der Waals surface area contributed by atoms with Gasteiger partial charge in [0.05, 0.1) is 17.8 Å². The molecular weight excluding hydrogens is 206 g/mol. The van der Waals surface area contributed by atoms with Gasteiger partial charge in [0.2, 0.25) is 0 Å². The van der Waals surface area contributed by atoms with E-state index in [9.17, 15) is 13.6 Å². The Kier molecular flexibility index (Phi) is 3.18. The number of carboxylic acids is 1. The van der Waals surface area contributed by atoms with Crippen LogP contribution in [0.5, 0.6) is 0 Å². The highest BCUT2D eigenvalue weighted by atomic mass is 19.3. The number of carbonyl (C=O) groups is 1. The van der Waals surface area contributed by atoms with Gasteiger partial charge in [0.1, 0.15) is 0 Å². The Bertz CT molecular complexity index is 394. The molecule has 1 rings (SSSR count). The van der Waals surface area contributed by atoms with Gasteiger partial charge in [-0.15, -0.1) is 0 Å². The third-order valence-electron chi connectivity index (χ3n) is 1.92. The van der Waals surface area contributed by atoms with Gasteiger partial charge < -0.3 is 10.8 Å². The molecule has 0 spiro atoms. The van der Waals surface area contributed by atoms with Gasteiger partial charge in [-0.3, -0.25) is 9.78 Å². The van der Waals surface area contributed by atoms with Crippen molar-refractivity contribution in [2.45, 2.75) is 19.8 Å². The van der Waals surface area contributed by atoms with Crippen LogP contribution in [0.15, 0.2) is 6.07 Å². The van der Waals surface area contributed by atoms with Gasteiger partial charge in [-0.1, -0.05) is 0 Å². The molecule has 0 bridgehead atoms. The summed E-state index contributed by atoms with van der Waals surface area (Å²) in [5.74, 6) is -1.10. The number of rotatable bonds is 3. The predicted octanol–water partition coefficient (Wildman–Crippen LogP) is 1.54. The first kappa shape index (κ1) is 11.4. The van der Waals surface area contributed by atoms with E-state index >= 15 is 0 Å². The van der Waals surface area contributed by atoms with Crippen LogP contribution in [0, 0.1) is 6.92 Å². The molecule has 0 aliphatic rings. The number of hydrogen-bond acceptors (Lipinski definition) is 3. The quantitative estimate of drug-likeness (QED) is 0.803. The van der Waals surface area contributed by atoms with E-state index in [0.717, 1.165) is 6.07 Å². The second kappa shape index (κ2) is 4.20. The van der Waals surface area contributed by atoms with Crippen molar-refractivity contribution < 1.29 is 18.7 Å². The van der Waals surface area contributed by atoms with Crippen molar-refractivity contribution in [2.75, 3.05) is 5.73 Å². The Morgan fingerprint density at radius 3 is 2.73 bits per heavy atom. The lowest BCUT2D eigenvalue weighted by molar-refractivity contribution is -0.136. The third-order valence-corrected chi connectivity index (χ3v) is 1.92. The van der Waals surface area contributed by atoms with Gasteiger partial charge in [-0.25, -0.2) is 8.78 Å². The smallest absolute Gasteiger partial charge is 0.309 e. The molecule has 0 unspecified atom stereocenters. The fraction of sp³-hybridized carbons (Fsp3) is 0.333. The molecule has 4 nitrogen and oxygen atoms in total. The highest BCUT2D eigenvalue weighted by molar-refractivity contribution is 5.72. The average Bonchev–Trinajstić information content (AvgIpc) is 2.09. The van der Waals surface area contributed by atoms with Crippen LogP contribution in [0.1, 0.15) is 23.4 Å². The van der Waals surface area contributed by atoms with Gasteiger partial charge in [0, 0.05) is 11.3 Å².